The first-order chi connectivity index (χ1) is 12.2. The Balaban J connectivity index is 3.84. The lowest BCUT2D eigenvalue weighted by molar-refractivity contribution is -0.331. The summed E-state index contributed by atoms with van der Waals surface area (Å²) in [6.07, 6.45) is 9.35. The van der Waals surface area contributed by atoms with Crippen molar-refractivity contribution < 1.29 is 30.3 Å². The fourth-order valence-corrected chi connectivity index (χ4v) is 3.11. The Kier molecular flexibility index (Phi) is 13.9. The van der Waals surface area contributed by atoms with Crippen molar-refractivity contribution in [1.29, 1.82) is 0 Å². The fraction of sp³-hybridized carbons (Fsp3) is 0.947. The Hall–Kier alpha value is -0.730. The third-order valence-corrected chi connectivity index (χ3v) is 4.93. The predicted molar refractivity (Wildman–Crippen MR) is 99.8 cm³/mol. The molecule has 2 atom stereocenters. The van der Waals surface area contributed by atoms with Crippen molar-refractivity contribution in [3.8, 4) is 0 Å². The Bertz CT molecular complexity index is 362. The molecule has 0 aliphatic heterocycles. The van der Waals surface area contributed by atoms with Gasteiger partial charge in [-0.15, -0.1) is 0 Å². The highest BCUT2D eigenvalue weighted by Gasteiger charge is 2.46. The summed E-state index contributed by atoms with van der Waals surface area (Å²) in [6.45, 7) is 2.21. The second-order valence-corrected chi connectivity index (χ2v) is 7.29. The lowest BCUT2D eigenvalue weighted by atomic mass is 9.89. The molecule has 0 saturated carbocycles. The number of aliphatic hydroxyl groups excluding tert-OH is 2. The third kappa shape index (κ3) is 10.4. The van der Waals surface area contributed by atoms with Crippen molar-refractivity contribution in [3.63, 3.8) is 0 Å². The number of carbonyl (C=O) groups is 1. The quantitative estimate of drug-likeness (QED) is 0.167. The molecule has 2 unspecified atom stereocenters. The second-order valence-electron chi connectivity index (χ2n) is 7.29. The molecule has 0 bridgehead atoms. The van der Waals surface area contributed by atoms with Crippen LogP contribution in [0.25, 0.3) is 0 Å². The van der Waals surface area contributed by atoms with Gasteiger partial charge < -0.3 is 31.3 Å². The van der Waals surface area contributed by atoms with Crippen LogP contribution < -0.4 is 5.73 Å². The van der Waals surface area contributed by atoms with Gasteiger partial charge in [-0.2, -0.15) is 0 Å². The predicted octanol–water partition coefficient (Wildman–Crippen LogP) is 1.53. The third-order valence-electron chi connectivity index (χ3n) is 4.93. The number of rotatable bonds is 17. The summed E-state index contributed by atoms with van der Waals surface area (Å²) in [6, 6.07) is 0. The van der Waals surface area contributed by atoms with Crippen LogP contribution in [0.3, 0.4) is 0 Å². The van der Waals surface area contributed by atoms with Crippen molar-refractivity contribution in [2.45, 2.75) is 109 Å². The second kappa shape index (κ2) is 14.3. The van der Waals surface area contributed by atoms with Crippen molar-refractivity contribution >= 4 is 5.91 Å². The number of nitrogens with two attached hydrogens (primary N) is 1. The van der Waals surface area contributed by atoms with Crippen LogP contribution in [0, 0.1) is 5.92 Å². The molecule has 7 nitrogen and oxygen atoms in total. The van der Waals surface area contributed by atoms with Crippen molar-refractivity contribution in [2.75, 3.05) is 0 Å². The minimum absolute atomic E-state index is 0.170. The molecule has 0 aliphatic rings. The molecule has 0 aromatic heterocycles. The topological polar surface area (TPSA) is 144 Å². The number of aliphatic hydroxyl groups is 5. The van der Waals surface area contributed by atoms with Gasteiger partial charge in [0.1, 0.15) is 6.10 Å². The summed E-state index contributed by atoms with van der Waals surface area (Å²) in [4.78, 5) is 11.4. The molecule has 0 radical (unpaired) electrons. The van der Waals surface area contributed by atoms with Crippen molar-refractivity contribution in [3.05, 3.63) is 0 Å². The van der Waals surface area contributed by atoms with Crippen LogP contribution >= 0.6 is 0 Å². The zero-order valence-electron chi connectivity index (χ0n) is 16.1. The van der Waals surface area contributed by atoms with Gasteiger partial charge in [0.05, 0.1) is 5.92 Å². The molecule has 0 aliphatic carbocycles. The molecule has 0 aromatic carbocycles. The number of carbonyl (C=O) groups excluding carboxylic acids is 1. The normalized spacial score (nSPS) is 14.6. The zero-order valence-corrected chi connectivity index (χ0v) is 16.1. The van der Waals surface area contributed by atoms with E-state index < -0.39 is 30.0 Å². The molecule has 26 heavy (non-hydrogen) atoms. The first-order valence-corrected chi connectivity index (χ1v) is 10.0. The fourth-order valence-electron chi connectivity index (χ4n) is 3.11. The van der Waals surface area contributed by atoms with Gasteiger partial charge in [0.2, 0.25) is 18.0 Å². The summed E-state index contributed by atoms with van der Waals surface area (Å²) in [5, 5.41) is 46.6. The van der Waals surface area contributed by atoms with Gasteiger partial charge >= 0.3 is 0 Å². The van der Waals surface area contributed by atoms with E-state index >= 15 is 0 Å². The summed E-state index contributed by atoms with van der Waals surface area (Å²) >= 11 is 0. The molecule has 0 fully saturated rings. The van der Waals surface area contributed by atoms with Crippen LogP contribution in [0.2, 0.25) is 0 Å². The first-order valence-electron chi connectivity index (χ1n) is 10.0. The van der Waals surface area contributed by atoms with Crippen LogP contribution in [0.4, 0.5) is 0 Å². The molecular formula is C19H39NO6. The highest BCUT2D eigenvalue weighted by atomic mass is 16.6. The average molecular weight is 378 g/mol. The van der Waals surface area contributed by atoms with E-state index in [2.05, 4.69) is 6.92 Å². The number of primary amides is 1. The average Bonchev–Trinajstić information content (AvgIpc) is 2.58. The van der Waals surface area contributed by atoms with Gasteiger partial charge in [-0.05, 0) is 6.42 Å². The molecule has 7 heteroatoms. The van der Waals surface area contributed by atoms with E-state index in [1.165, 1.54) is 51.4 Å². The molecular weight excluding hydrogens is 338 g/mol. The van der Waals surface area contributed by atoms with E-state index in [1.807, 2.05) is 0 Å². The van der Waals surface area contributed by atoms with Crippen molar-refractivity contribution in [2.24, 2.45) is 11.7 Å². The smallest absolute Gasteiger partial charge is 0.242 e. The van der Waals surface area contributed by atoms with Crippen LogP contribution in [0.1, 0.15) is 90.4 Å². The number of unbranched alkanes of at least 4 members (excludes halogenated alkanes) is 11. The zero-order chi connectivity index (χ0) is 20.0. The van der Waals surface area contributed by atoms with E-state index in [-0.39, 0.29) is 6.42 Å². The van der Waals surface area contributed by atoms with E-state index in [0.29, 0.717) is 6.42 Å². The van der Waals surface area contributed by atoms with Crippen LogP contribution in [-0.4, -0.2) is 49.6 Å². The standard InChI is InChI=1S/C19H39NO6/c1-2-3-4-5-6-7-8-9-10-11-12-13-14-15(17(20)22)16(21)19(25,26)18(23)24/h15-16,18,21,23-26H,2-14H2,1H3,(H2,20,22). The summed E-state index contributed by atoms with van der Waals surface area (Å²) in [5.74, 6) is -5.32. The Labute approximate surface area is 157 Å². The monoisotopic (exact) mass is 377 g/mol. The Morgan fingerprint density at radius 1 is 0.808 bits per heavy atom. The van der Waals surface area contributed by atoms with E-state index in [0.717, 1.165) is 19.3 Å². The highest BCUT2D eigenvalue weighted by Crippen LogP contribution is 2.23. The first kappa shape index (κ1) is 25.3. The Morgan fingerprint density at radius 2 is 1.19 bits per heavy atom. The van der Waals surface area contributed by atoms with Gasteiger partial charge in [0, 0.05) is 0 Å². The summed E-state index contributed by atoms with van der Waals surface area (Å²) in [5.41, 5.74) is 5.19. The molecule has 0 rings (SSSR count). The molecule has 0 heterocycles. The minimum Gasteiger partial charge on any atom is -0.386 e. The van der Waals surface area contributed by atoms with E-state index in [9.17, 15) is 20.1 Å². The number of amides is 1. The minimum atomic E-state index is -3.18. The molecule has 1 amide bonds. The Morgan fingerprint density at radius 3 is 1.54 bits per heavy atom. The number of hydrogen-bond acceptors (Lipinski definition) is 6. The van der Waals surface area contributed by atoms with Crippen LogP contribution in [0.15, 0.2) is 0 Å². The molecule has 0 aromatic rings. The van der Waals surface area contributed by atoms with Crippen molar-refractivity contribution in [1.82, 2.24) is 0 Å². The maximum Gasteiger partial charge on any atom is 0.242 e. The highest BCUT2D eigenvalue weighted by molar-refractivity contribution is 5.77. The van der Waals surface area contributed by atoms with E-state index in [1.54, 1.807) is 0 Å². The van der Waals surface area contributed by atoms with Gasteiger partial charge in [-0.3, -0.25) is 4.79 Å². The lowest BCUT2D eigenvalue weighted by Crippen LogP contribution is -2.57. The number of hydrogen-bond donors (Lipinski definition) is 6. The van der Waals surface area contributed by atoms with Crippen LogP contribution in [-0.2, 0) is 4.79 Å². The van der Waals surface area contributed by atoms with Gasteiger partial charge in [0.15, 0.2) is 0 Å². The van der Waals surface area contributed by atoms with E-state index in [4.69, 9.17) is 15.9 Å². The molecule has 0 spiro atoms. The largest absolute Gasteiger partial charge is 0.386 e. The molecule has 0 saturated heterocycles. The van der Waals surface area contributed by atoms with Gasteiger partial charge in [-0.1, -0.05) is 84.0 Å². The summed E-state index contributed by atoms with van der Waals surface area (Å²) in [7, 11) is 0. The maximum atomic E-state index is 11.4. The lowest BCUT2D eigenvalue weighted by Gasteiger charge is -2.32. The molecule has 156 valence electrons. The van der Waals surface area contributed by atoms with Crippen LogP contribution in [0.5, 0.6) is 0 Å². The van der Waals surface area contributed by atoms with Gasteiger partial charge in [0.25, 0.3) is 0 Å². The molecule has 7 N–H and O–H groups in total. The SMILES string of the molecule is CCCCCCCCCCCCCCC(C(N)=O)C(O)C(O)(O)C(O)O. The summed E-state index contributed by atoms with van der Waals surface area (Å²) < 4.78 is 0. The van der Waals surface area contributed by atoms with Gasteiger partial charge in [-0.25, -0.2) is 0 Å². The maximum absolute atomic E-state index is 11.4.